The number of nitrogens with one attached hydrogen (secondary N) is 2. The third kappa shape index (κ3) is 5.80. The maximum Gasteiger partial charge on any atom is 0.265 e. The molecule has 0 bridgehead atoms. The lowest BCUT2D eigenvalue weighted by Gasteiger charge is -2.15. The molecule has 1 atom stereocenters. The van der Waals surface area contributed by atoms with Gasteiger partial charge in [-0.05, 0) is 69.3 Å². The number of rotatable bonds is 6. The van der Waals surface area contributed by atoms with Gasteiger partial charge in [-0.2, -0.15) is 0 Å². The molecule has 0 radical (unpaired) electrons. The van der Waals surface area contributed by atoms with Gasteiger partial charge in [0.1, 0.15) is 5.75 Å². The van der Waals surface area contributed by atoms with E-state index in [2.05, 4.69) is 10.6 Å². The van der Waals surface area contributed by atoms with E-state index < -0.39 is 6.10 Å². The lowest BCUT2D eigenvalue weighted by atomic mass is 10.2. The van der Waals surface area contributed by atoms with Gasteiger partial charge in [0, 0.05) is 22.3 Å². The molecule has 1 unspecified atom stereocenters. The Morgan fingerprint density at radius 3 is 2.12 bits per heavy atom. The summed E-state index contributed by atoms with van der Waals surface area (Å²) in [5.74, 6) is 0.134. The minimum atomic E-state index is -0.676. The molecular formula is C19H21ClN2O3. The van der Waals surface area contributed by atoms with Crippen molar-refractivity contribution in [2.75, 3.05) is 5.32 Å². The second-order valence-electron chi connectivity index (χ2n) is 5.91. The van der Waals surface area contributed by atoms with Crippen LogP contribution in [0.2, 0.25) is 5.02 Å². The fourth-order valence-electron chi connectivity index (χ4n) is 2.07. The van der Waals surface area contributed by atoms with Crippen LogP contribution in [0.3, 0.4) is 0 Å². The van der Waals surface area contributed by atoms with Crippen molar-refractivity contribution < 1.29 is 14.3 Å². The molecule has 0 spiro atoms. The molecule has 0 aliphatic rings. The first-order valence-corrected chi connectivity index (χ1v) is 8.37. The minimum absolute atomic E-state index is 0.0674. The largest absolute Gasteiger partial charge is 0.481 e. The predicted molar refractivity (Wildman–Crippen MR) is 99.2 cm³/mol. The summed E-state index contributed by atoms with van der Waals surface area (Å²) in [5.41, 5.74) is 1.13. The molecule has 6 heteroatoms. The van der Waals surface area contributed by atoms with Gasteiger partial charge in [-0.3, -0.25) is 9.59 Å². The lowest BCUT2D eigenvalue weighted by Crippen LogP contribution is -2.30. The molecule has 2 N–H and O–H groups in total. The van der Waals surface area contributed by atoms with Crippen molar-refractivity contribution in [3.8, 4) is 5.75 Å². The molecule has 0 aliphatic heterocycles. The number of ether oxygens (including phenoxy) is 1. The molecular weight excluding hydrogens is 340 g/mol. The molecule has 0 saturated heterocycles. The molecule has 0 aliphatic carbocycles. The van der Waals surface area contributed by atoms with Crippen LogP contribution in [0.1, 0.15) is 31.1 Å². The van der Waals surface area contributed by atoms with Gasteiger partial charge in [0.2, 0.25) is 0 Å². The highest BCUT2D eigenvalue weighted by atomic mass is 35.5. The van der Waals surface area contributed by atoms with Crippen LogP contribution in [0, 0.1) is 0 Å². The predicted octanol–water partition coefficient (Wildman–Crippen LogP) is 3.88. The summed E-state index contributed by atoms with van der Waals surface area (Å²) >= 11 is 5.82. The van der Waals surface area contributed by atoms with Gasteiger partial charge in [-0.15, -0.1) is 0 Å². The van der Waals surface area contributed by atoms with Crippen molar-refractivity contribution in [2.24, 2.45) is 0 Å². The van der Waals surface area contributed by atoms with Crippen LogP contribution in [0.5, 0.6) is 5.75 Å². The number of carbonyl (C=O) groups excluding carboxylic acids is 2. The van der Waals surface area contributed by atoms with Gasteiger partial charge in [0.05, 0.1) is 0 Å². The molecule has 5 nitrogen and oxygen atoms in total. The van der Waals surface area contributed by atoms with E-state index in [1.165, 1.54) is 0 Å². The molecule has 0 heterocycles. The highest BCUT2D eigenvalue weighted by molar-refractivity contribution is 6.30. The molecule has 0 saturated carbocycles. The summed E-state index contributed by atoms with van der Waals surface area (Å²) in [5, 5.41) is 6.17. The Bertz CT molecular complexity index is 727. The van der Waals surface area contributed by atoms with E-state index in [1.54, 1.807) is 55.5 Å². The minimum Gasteiger partial charge on any atom is -0.481 e. The molecule has 25 heavy (non-hydrogen) atoms. The monoisotopic (exact) mass is 360 g/mol. The van der Waals surface area contributed by atoms with Crippen molar-refractivity contribution in [2.45, 2.75) is 32.9 Å². The Kier molecular flexibility index (Phi) is 6.42. The number of halogens is 1. The second-order valence-corrected chi connectivity index (χ2v) is 6.35. The second kappa shape index (κ2) is 8.53. The molecule has 132 valence electrons. The fraction of sp³-hybridized carbons (Fsp3) is 0.263. The molecule has 0 aromatic heterocycles. The normalized spacial score (nSPS) is 11.7. The van der Waals surface area contributed by atoms with Gasteiger partial charge in [-0.25, -0.2) is 0 Å². The van der Waals surface area contributed by atoms with Gasteiger partial charge in [0.25, 0.3) is 11.8 Å². The maximum absolute atomic E-state index is 12.2. The Hall–Kier alpha value is -2.53. The maximum atomic E-state index is 12.2. The average molecular weight is 361 g/mol. The molecule has 0 fully saturated rings. The van der Waals surface area contributed by atoms with Crippen LogP contribution in [0.4, 0.5) is 5.69 Å². The summed E-state index contributed by atoms with van der Waals surface area (Å²) < 4.78 is 5.57. The highest BCUT2D eigenvalue weighted by Crippen LogP contribution is 2.17. The molecule has 2 aromatic rings. The zero-order valence-electron chi connectivity index (χ0n) is 14.4. The van der Waals surface area contributed by atoms with Gasteiger partial charge in [-0.1, -0.05) is 11.6 Å². The van der Waals surface area contributed by atoms with Gasteiger partial charge < -0.3 is 15.4 Å². The Labute approximate surface area is 152 Å². The van der Waals surface area contributed by atoms with Crippen LogP contribution in [0.25, 0.3) is 0 Å². The number of carbonyl (C=O) groups is 2. The zero-order chi connectivity index (χ0) is 18.4. The van der Waals surface area contributed by atoms with Gasteiger partial charge in [0.15, 0.2) is 6.10 Å². The van der Waals surface area contributed by atoms with Crippen LogP contribution >= 0.6 is 11.6 Å². The smallest absolute Gasteiger partial charge is 0.265 e. The summed E-state index contributed by atoms with van der Waals surface area (Å²) in [6, 6.07) is 13.6. The van der Waals surface area contributed by atoms with Crippen molar-refractivity contribution in [3.05, 3.63) is 59.1 Å². The first kappa shape index (κ1) is 18.8. The third-order valence-corrected chi connectivity index (χ3v) is 3.58. The molecule has 2 amide bonds. The zero-order valence-corrected chi connectivity index (χ0v) is 15.1. The Morgan fingerprint density at radius 1 is 0.960 bits per heavy atom. The summed E-state index contributed by atoms with van der Waals surface area (Å²) in [6.45, 7) is 5.46. The Balaban J connectivity index is 1.93. The van der Waals surface area contributed by atoms with Crippen LogP contribution < -0.4 is 15.4 Å². The fourth-order valence-corrected chi connectivity index (χ4v) is 2.19. The third-order valence-electron chi connectivity index (χ3n) is 3.33. The Morgan fingerprint density at radius 2 is 1.56 bits per heavy atom. The topological polar surface area (TPSA) is 67.4 Å². The van der Waals surface area contributed by atoms with E-state index >= 15 is 0 Å². The van der Waals surface area contributed by atoms with E-state index in [0.717, 1.165) is 0 Å². The number of benzene rings is 2. The summed E-state index contributed by atoms with van der Waals surface area (Å²) in [4.78, 5) is 24.1. The van der Waals surface area contributed by atoms with E-state index in [9.17, 15) is 9.59 Å². The van der Waals surface area contributed by atoms with E-state index in [-0.39, 0.29) is 17.9 Å². The lowest BCUT2D eigenvalue weighted by molar-refractivity contribution is -0.122. The van der Waals surface area contributed by atoms with Crippen LogP contribution in [-0.4, -0.2) is 24.0 Å². The molecule has 2 aromatic carbocycles. The van der Waals surface area contributed by atoms with E-state index in [4.69, 9.17) is 16.3 Å². The SMILES string of the molecule is CC(C)NC(=O)c1ccc(NC(=O)C(C)Oc2ccc(Cl)cc2)cc1. The summed E-state index contributed by atoms with van der Waals surface area (Å²) in [7, 11) is 0. The molecule has 2 rings (SSSR count). The number of anilines is 1. The number of hydrogen-bond donors (Lipinski definition) is 2. The van der Waals surface area contributed by atoms with E-state index in [1.807, 2.05) is 13.8 Å². The van der Waals surface area contributed by atoms with Crippen molar-refractivity contribution in [1.82, 2.24) is 5.32 Å². The quantitative estimate of drug-likeness (QED) is 0.821. The first-order chi connectivity index (χ1) is 11.8. The number of amides is 2. The van der Waals surface area contributed by atoms with Crippen molar-refractivity contribution in [3.63, 3.8) is 0 Å². The highest BCUT2D eigenvalue weighted by Gasteiger charge is 2.15. The van der Waals surface area contributed by atoms with Crippen molar-refractivity contribution in [1.29, 1.82) is 0 Å². The van der Waals surface area contributed by atoms with E-state index in [0.29, 0.717) is 22.0 Å². The number of hydrogen-bond acceptors (Lipinski definition) is 3. The van der Waals surface area contributed by atoms with Gasteiger partial charge >= 0.3 is 0 Å². The van der Waals surface area contributed by atoms with Crippen LogP contribution in [0.15, 0.2) is 48.5 Å². The van der Waals surface area contributed by atoms with Crippen LogP contribution in [-0.2, 0) is 4.79 Å². The standard InChI is InChI=1S/C19H21ClN2O3/c1-12(2)21-19(24)14-4-8-16(9-5-14)22-18(23)13(3)25-17-10-6-15(20)7-11-17/h4-13H,1-3H3,(H,21,24)(H,22,23). The van der Waals surface area contributed by atoms with Crippen molar-refractivity contribution >= 4 is 29.1 Å². The average Bonchev–Trinajstić information content (AvgIpc) is 2.57. The summed E-state index contributed by atoms with van der Waals surface area (Å²) in [6.07, 6.45) is -0.676. The first-order valence-electron chi connectivity index (χ1n) is 7.99.